The summed E-state index contributed by atoms with van der Waals surface area (Å²) in [6, 6.07) is 14.9. The van der Waals surface area contributed by atoms with Crippen LogP contribution in [0.2, 0.25) is 0 Å². The Morgan fingerprint density at radius 3 is 2.50 bits per heavy atom. The first-order valence-corrected chi connectivity index (χ1v) is 15.4. The number of nitrogens with one attached hydrogen (secondary N) is 3. The topological polar surface area (TPSA) is 179 Å². The molecule has 2 heterocycles. The molecule has 11 heteroatoms. The van der Waals surface area contributed by atoms with Crippen molar-refractivity contribution in [1.82, 2.24) is 15.6 Å². The second-order valence-corrected chi connectivity index (χ2v) is 11.3. The largest absolute Gasteiger partial charge is 0.508 e. The molecule has 2 aromatic carbocycles. The van der Waals surface area contributed by atoms with Gasteiger partial charge in [-0.2, -0.15) is 0 Å². The van der Waals surface area contributed by atoms with Crippen LogP contribution in [0.5, 0.6) is 5.75 Å². The minimum atomic E-state index is -1.24. The number of aromatic amines is 1. The number of amides is 2. The molecule has 11 nitrogen and oxygen atoms in total. The monoisotopic (exact) mass is 647 g/mol. The molecule has 1 aliphatic heterocycles. The highest BCUT2D eigenvalue weighted by Gasteiger charge is 2.23. The Balaban J connectivity index is 1.14. The zero-order valence-corrected chi connectivity index (χ0v) is 26.1. The number of aromatic carboxylic acids is 1. The van der Waals surface area contributed by atoms with Crippen LogP contribution in [0.25, 0.3) is 33.4 Å². The lowest BCUT2D eigenvalue weighted by Crippen LogP contribution is -2.25. The van der Waals surface area contributed by atoms with Crippen LogP contribution in [0, 0.1) is 18.8 Å². The molecule has 0 fully saturated rings. The summed E-state index contributed by atoms with van der Waals surface area (Å²) in [4.78, 5) is 63.6. The Morgan fingerprint density at radius 2 is 1.71 bits per heavy atom. The predicted octanol–water partition coefficient (Wildman–Crippen LogP) is 4.62. The lowest BCUT2D eigenvalue weighted by molar-refractivity contribution is -0.120. The van der Waals surface area contributed by atoms with Gasteiger partial charge in [-0.3, -0.25) is 19.2 Å². The molecule has 2 aliphatic rings. The highest BCUT2D eigenvalue weighted by Crippen LogP contribution is 2.42. The Hall–Kier alpha value is -6.15. The van der Waals surface area contributed by atoms with Gasteiger partial charge in [0.2, 0.25) is 5.91 Å². The van der Waals surface area contributed by atoms with Gasteiger partial charge in [-0.25, -0.2) is 4.79 Å². The van der Waals surface area contributed by atoms with E-state index >= 15 is 0 Å². The first kappa shape index (κ1) is 33.2. The first-order valence-electron chi connectivity index (χ1n) is 15.4. The third kappa shape index (κ3) is 7.97. The van der Waals surface area contributed by atoms with Crippen LogP contribution < -0.4 is 21.6 Å². The molecule has 0 atom stereocenters. The van der Waals surface area contributed by atoms with Gasteiger partial charge in [-0.05, 0) is 73.4 Å². The number of phenolic OH excluding ortho intramolecular Hbond substituents is 1. The van der Waals surface area contributed by atoms with E-state index in [9.17, 15) is 34.2 Å². The van der Waals surface area contributed by atoms with Crippen LogP contribution >= 0.6 is 0 Å². The maximum absolute atomic E-state index is 12.9. The molecular formula is C37H33N3O8. The van der Waals surface area contributed by atoms with E-state index in [4.69, 9.17) is 4.42 Å². The number of hydrogen-bond donors (Lipinski definition) is 5. The Kier molecular flexibility index (Phi) is 10.4. The van der Waals surface area contributed by atoms with Crippen LogP contribution in [0.3, 0.4) is 0 Å². The molecule has 5 N–H and O–H groups in total. The standard InChI is InChI=1S/C37H33N3O8/c1-22-17-23(21-40-35(22)44)7-4-6-15-38-33(43)8-3-2-5-16-39-36(45)24-9-12-27(30(18-24)37(46)47)34-28-13-10-25(41)19-31(28)48-32-20-26(42)11-14-29(32)34/h9-14,17-21,41H,2-3,5,7-8,15-16H2,1H3,(H,38,43)(H,39,45)(H,40,44)(H,46,47). The van der Waals surface area contributed by atoms with Gasteiger partial charge in [-0.1, -0.05) is 24.3 Å². The Labute approximate surface area is 275 Å². The number of aryl methyl sites for hydroxylation is 1. The average molecular weight is 648 g/mol. The second kappa shape index (κ2) is 15.0. The molecule has 244 valence electrons. The van der Waals surface area contributed by atoms with Gasteiger partial charge in [0.1, 0.15) is 17.1 Å². The zero-order chi connectivity index (χ0) is 34.2. The predicted molar refractivity (Wildman–Crippen MR) is 180 cm³/mol. The number of unbranched alkanes of at least 4 members (excludes halogenated alkanes) is 2. The van der Waals surface area contributed by atoms with Crippen molar-refractivity contribution in [2.24, 2.45) is 0 Å². The number of pyridine rings is 1. The summed E-state index contributed by atoms with van der Waals surface area (Å²) in [5.74, 6) is 4.25. The van der Waals surface area contributed by atoms with Crippen molar-refractivity contribution < 1.29 is 29.0 Å². The van der Waals surface area contributed by atoms with E-state index in [1.807, 2.05) is 0 Å². The first-order chi connectivity index (χ1) is 23.1. The summed E-state index contributed by atoms with van der Waals surface area (Å²) < 4.78 is 5.86. The summed E-state index contributed by atoms with van der Waals surface area (Å²) in [7, 11) is 0. The molecule has 0 bridgehead atoms. The Morgan fingerprint density at radius 1 is 0.896 bits per heavy atom. The molecular weight excluding hydrogens is 614 g/mol. The van der Waals surface area contributed by atoms with Gasteiger partial charge in [0.15, 0.2) is 5.43 Å². The second-order valence-electron chi connectivity index (χ2n) is 11.3. The van der Waals surface area contributed by atoms with Gasteiger partial charge in [-0.15, -0.1) is 0 Å². The molecule has 0 unspecified atom stereocenters. The van der Waals surface area contributed by atoms with Crippen molar-refractivity contribution in [3.63, 3.8) is 0 Å². The van der Waals surface area contributed by atoms with Crippen molar-refractivity contribution in [3.8, 4) is 40.0 Å². The lowest BCUT2D eigenvalue weighted by atomic mass is 9.90. The van der Waals surface area contributed by atoms with E-state index in [0.29, 0.717) is 66.3 Å². The smallest absolute Gasteiger partial charge is 0.336 e. The van der Waals surface area contributed by atoms with E-state index in [-0.39, 0.29) is 51.7 Å². The number of hydrogen-bond acceptors (Lipinski definition) is 7. The normalized spacial score (nSPS) is 10.8. The van der Waals surface area contributed by atoms with Gasteiger partial charge < -0.3 is 30.2 Å². The van der Waals surface area contributed by atoms with Crippen LogP contribution in [0.4, 0.5) is 0 Å². The van der Waals surface area contributed by atoms with Crippen LogP contribution in [0.15, 0.2) is 80.9 Å². The number of aromatic nitrogens is 1. The van der Waals surface area contributed by atoms with E-state index in [0.717, 1.165) is 5.56 Å². The number of rotatable bonds is 11. The third-order valence-corrected chi connectivity index (χ3v) is 7.76. The summed E-state index contributed by atoms with van der Waals surface area (Å²) in [5, 5.41) is 26.2. The van der Waals surface area contributed by atoms with Crippen molar-refractivity contribution in [2.75, 3.05) is 13.1 Å². The number of carboxylic acids is 1. The maximum Gasteiger partial charge on any atom is 0.336 e. The molecule has 1 aromatic heterocycles. The van der Waals surface area contributed by atoms with Gasteiger partial charge >= 0.3 is 5.97 Å². The van der Waals surface area contributed by atoms with Crippen molar-refractivity contribution >= 4 is 28.8 Å². The number of H-pyrrole nitrogens is 1. The maximum atomic E-state index is 12.9. The minimum absolute atomic E-state index is 0.0552. The minimum Gasteiger partial charge on any atom is -0.508 e. The van der Waals surface area contributed by atoms with E-state index in [1.165, 1.54) is 36.4 Å². The van der Waals surface area contributed by atoms with Crippen molar-refractivity contribution in [2.45, 2.75) is 39.0 Å². The number of fused-ring (bicyclic) bond motifs is 2. The zero-order valence-electron chi connectivity index (χ0n) is 26.1. The number of carbonyl (C=O) groups excluding carboxylic acids is 2. The molecule has 2 amide bonds. The number of aromatic hydroxyl groups is 1. The molecule has 0 saturated heterocycles. The molecule has 0 saturated carbocycles. The summed E-state index contributed by atoms with van der Waals surface area (Å²) in [6.07, 6.45) is 4.37. The quantitative estimate of drug-likeness (QED) is 0.0783. The molecule has 5 rings (SSSR count). The fourth-order valence-corrected chi connectivity index (χ4v) is 5.34. The average Bonchev–Trinajstić information content (AvgIpc) is 3.06. The fourth-order valence-electron chi connectivity index (χ4n) is 5.34. The van der Waals surface area contributed by atoms with Gasteiger partial charge in [0.05, 0.1) is 12.1 Å². The van der Waals surface area contributed by atoms with E-state index in [2.05, 4.69) is 27.5 Å². The third-order valence-electron chi connectivity index (χ3n) is 7.76. The summed E-state index contributed by atoms with van der Waals surface area (Å²) in [6.45, 7) is 2.30. The van der Waals surface area contributed by atoms with Crippen molar-refractivity contribution in [3.05, 3.63) is 110 Å². The lowest BCUT2D eigenvalue weighted by Gasteiger charge is -2.17. The summed E-state index contributed by atoms with van der Waals surface area (Å²) in [5.41, 5.74) is 2.74. The van der Waals surface area contributed by atoms with E-state index < -0.39 is 11.9 Å². The van der Waals surface area contributed by atoms with Crippen LogP contribution in [-0.4, -0.2) is 46.1 Å². The molecule has 3 aromatic rings. The number of carbonyl (C=O) groups is 3. The highest BCUT2D eigenvalue weighted by atomic mass is 16.4. The molecule has 48 heavy (non-hydrogen) atoms. The Bertz CT molecular complexity index is 2170. The van der Waals surface area contributed by atoms with Crippen LogP contribution in [0.1, 0.15) is 57.5 Å². The fraction of sp³-hybridized carbons (Fsp3) is 0.216. The van der Waals surface area contributed by atoms with E-state index in [1.54, 1.807) is 37.4 Å². The van der Waals surface area contributed by atoms with Gasteiger partial charge in [0, 0.05) is 65.4 Å². The SMILES string of the molecule is Cc1cc(CC#CCNC(=O)CCCCCNC(=O)c2ccc(-c3c4ccc(=O)cc-4oc4cc(O)ccc34)c(C(=O)O)c2)c[nH]c1=O. The number of carboxylic acid groups (broad SMARTS) is 1. The molecule has 1 aliphatic carbocycles. The number of phenols is 1. The van der Waals surface area contributed by atoms with Crippen molar-refractivity contribution in [1.29, 1.82) is 0 Å². The molecule has 0 radical (unpaired) electrons. The molecule has 0 spiro atoms. The van der Waals surface area contributed by atoms with Crippen LogP contribution in [-0.2, 0) is 11.2 Å². The number of benzene rings is 3. The van der Waals surface area contributed by atoms with Gasteiger partial charge in [0.25, 0.3) is 11.5 Å². The summed E-state index contributed by atoms with van der Waals surface area (Å²) >= 11 is 0. The highest BCUT2D eigenvalue weighted by molar-refractivity contribution is 6.09.